The van der Waals surface area contributed by atoms with Gasteiger partial charge in [-0.05, 0) is 91.5 Å². The van der Waals surface area contributed by atoms with E-state index in [2.05, 4.69) is 58.6 Å². The van der Waals surface area contributed by atoms with Crippen molar-refractivity contribution in [1.29, 1.82) is 0 Å². The highest BCUT2D eigenvalue weighted by molar-refractivity contribution is 7.12. The zero-order valence-corrected chi connectivity index (χ0v) is 27.9. The van der Waals surface area contributed by atoms with E-state index in [0.29, 0.717) is 30.6 Å². The van der Waals surface area contributed by atoms with Crippen LogP contribution in [-0.4, -0.2) is 51.0 Å². The summed E-state index contributed by atoms with van der Waals surface area (Å²) in [6.45, 7) is 3.47. The topological polar surface area (TPSA) is 95.4 Å². The molecule has 7 rings (SSSR count). The third-order valence-corrected chi connectivity index (χ3v) is 11.7. The molecule has 0 spiro atoms. The molecule has 2 saturated carbocycles. The maximum atomic E-state index is 13.5. The van der Waals surface area contributed by atoms with Gasteiger partial charge in [-0.3, -0.25) is 9.59 Å². The lowest BCUT2D eigenvalue weighted by molar-refractivity contribution is -0.153. The van der Waals surface area contributed by atoms with Crippen molar-refractivity contribution in [3.8, 4) is 22.5 Å². The summed E-state index contributed by atoms with van der Waals surface area (Å²) in [6.07, 6.45) is 13.4. The molecule has 3 heterocycles. The second-order valence-corrected chi connectivity index (χ2v) is 14.9. The summed E-state index contributed by atoms with van der Waals surface area (Å²) < 4.78 is 0. The molecule has 1 atom stereocenters. The molecule has 0 bridgehead atoms. The normalized spacial score (nSPS) is 20.5. The van der Waals surface area contributed by atoms with Crippen molar-refractivity contribution in [2.45, 2.75) is 82.7 Å². The molecule has 1 saturated heterocycles. The summed E-state index contributed by atoms with van der Waals surface area (Å²) in [5, 5.41) is 12.8. The van der Waals surface area contributed by atoms with E-state index in [1.54, 1.807) is 4.90 Å². The number of benzene rings is 2. The van der Waals surface area contributed by atoms with Crippen LogP contribution in [0.1, 0.15) is 84.6 Å². The zero-order valence-electron chi connectivity index (χ0n) is 27.1. The van der Waals surface area contributed by atoms with Gasteiger partial charge >= 0.3 is 5.97 Å². The van der Waals surface area contributed by atoms with Crippen molar-refractivity contribution in [2.24, 2.45) is 11.8 Å². The number of nitrogens with one attached hydrogen (secondary N) is 1. The minimum atomic E-state index is -0.840. The molecule has 7 nitrogen and oxygen atoms in total. The van der Waals surface area contributed by atoms with Crippen molar-refractivity contribution >= 4 is 23.2 Å². The Kier molecular flexibility index (Phi) is 9.50. The van der Waals surface area contributed by atoms with Crippen LogP contribution >= 0.6 is 11.3 Å². The van der Waals surface area contributed by atoms with Crippen LogP contribution in [0.2, 0.25) is 0 Å². The molecule has 3 aliphatic rings. The lowest BCUT2D eigenvalue weighted by Gasteiger charge is -2.39. The first-order valence-electron chi connectivity index (χ1n) is 17.3. The quantitative estimate of drug-likeness (QED) is 0.164. The Labute approximate surface area is 281 Å². The Balaban J connectivity index is 0.983. The molecule has 0 radical (unpaired) electrons. The smallest absolute Gasteiger partial charge is 0.310 e. The fourth-order valence-corrected chi connectivity index (χ4v) is 8.22. The molecule has 244 valence electrons. The van der Waals surface area contributed by atoms with E-state index in [4.69, 9.17) is 0 Å². The zero-order chi connectivity index (χ0) is 32.3. The summed E-state index contributed by atoms with van der Waals surface area (Å²) in [7, 11) is 0. The third-order valence-electron chi connectivity index (χ3n) is 10.5. The van der Waals surface area contributed by atoms with E-state index in [-0.39, 0.29) is 19.0 Å². The number of amides is 1. The highest BCUT2D eigenvalue weighted by atomic mass is 32.1. The number of carboxylic acids is 1. The Morgan fingerprint density at radius 2 is 1.51 bits per heavy atom. The molecule has 8 heteroatoms. The predicted octanol–water partition coefficient (Wildman–Crippen LogP) is 7.68. The second-order valence-electron chi connectivity index (χ2n) is 13.7. The minimum Gasteiger partial charge on any atom is -0.481 e. The fraction of sp³-hybridized carbons (Fsp3) is 0.436. The van der Waals surface area contributed by atoms with Crippen LogP contribution in [0.5, 0.6) is 0 Å². The van der Waals surface area contributed by atoms with E-state index in [1.807, 2.05) is 48.0 Å². The summed E-state index contributed by atoms with van der Waals surface area (Å²) in [4.78, 5) is 38.5. The molecule has 4 aromatic rings. The monoisotopic (exact) mass is 648 g/mol. The van der Waals surface area contributed by atoms with Crippen LogP contribution in [0.3, 0.4) is 0 Å². The van der Waals surface area contributed by atoms with Gasteiger partial charge in [0.25, 0.3) is 0 Å². The van der Waals surface area contributed by atoms with Gasteiger partial charge in [-0.15, -0.1) is 11.3 Å². The van der Waals surface area contributed by atoms with Gasteiger partial charge in [-0.1, -0.05) is 61.9 Å². The molecule has 2 aliphatic carbocycles. The van der Waals surface area contributed by atoms with E-state index in [0.717, 1.165) is 28.2 Å². The average molecular weight is 649 g/mol. The maximum Gasteiger partial charge on any atom is 0.310 e. The van der Waals surface area contributed by atoms with Gasteiger partial charge < -0.3 is 15.3 Å². The highest BCUT2D eigenvalue weighted by Gasteiger charge is 2.38. The van der Waals surface area contributed by atoms with Crippen molar-refractivity contribution in [3.05, 3.63) is 93.9 Å². The van der Waals surface area contributed by atoms with Crippen LogP contribution < -0.4 is 5.32 Å². The molecule has 2 aromatic heterocycles. The molecule has 1 aliphatic heterocycles. The predicted molar refractivity (Wildman–Crippen MR) is 186 cm³/mol. The second kappa shape index (κ2) is 14.1. The van der Waals surface area contributed by atoms with E-state index in [1.165, 1.54) is 60.3 Å². The third kappa shape index (κ3) is 7.49. The number of hydrogen-bond donors (Lipinski definition) is 2. The lowest BCUT2D eigenvalue weighted by Crippen LogP contribution is -2.58. The Morgan fingerprint density at radius 1 is 0.851 bits per heavy atom. The number of aliphatic carboxylic acids is 1. The number of carbonyl (C=O) groups excluding carboxylic acids is 1. The first kappa shape index (κ1) is 31.7. The van der Waals surface area contributed by atoms with Crippen LogP contribution in [0.25, 0.3) is 22.5 Å². The van der Waals surface area contributed by atoms with Gasteiger partial charge in [0, 0.05) is 52.9 Å². The first-order valence-corrected chi connectivity index (χ1v) is 18.1. The van der Waals surface area contributed by atoms with Crippen LogP contribution in [-0.2, 0) is 22.6 Å². The molecule has 2 aromatic carbocycles. The number of rotatable bonds is 12. The number of thiophene rings is 1. The largest absolute Gasteiger partial charge is 0.481 e. The number of carboxylic acid groups (broad SMARTS) is 1. The first-order chi connectivity index (χ1) is 22.9. The Bertz CT molecular complexity index is 1670. The SMILES string of the molecule is CCC1CCC(c2ccc(-c3cnc(-c4ccc(C[C@H](NCc5ccc(C6CC6)s5)C(=O)N5CC(C(=O)O)C5)cc4)nc3)cc2)CC1. The molecule has 3 fully saturated rings. The van der Waals surface area contributed by atoms with Gasteiger partial charge in [0.05, 0.1) is 12.0 Å². The fourth-order valence-electron chi connectivity index (χ4n) is 7.09. The molecule has 1 amide bonds. The number of aromatic nitrogens is 2. The van der Waals surface area contributed by atoms with E-state index in [9.17, 15) is 14.7 Å². The maximum absolute atomic E-state index is 13.5. The highest BCUT2D eigenvalue weighted by Crippen LogP contribution is 2.43. The standard InChI is InChI=1S/C39H44N4O3S/c1-2-25-3-7-27(8-4-25)28-11-13-29(14-12-28)32-20-41-37(42-21-32)31-9-5-26(6-10-31)19-35(38(44)43-23-33(24-43)39(45)46)40-22-34-17-18-36(47-34)30-15-16-30/h5-6,9-14,17-18,20-21,25,27,30,33,35,40H,2-4,7-8,15-16,19,22-24H2,1H3,(H,45,46)/t25?,27?,35-/m0/s1. The number of nitrogens with zero attached hydrogens (tertiary/aromatic N) is 3. The summed E-state index contributed by atoms with van der Waals surface area (Å²) >= 11 is 1.82. The Hall–Kier alpha value is -3.88. The van der Waals surface area contributed by atoms with E-state index >= 15 is 0 Å². The van der Waals surface area contributed by atoms with Gasteiger partial charge in [0.2, 0.25) is 5.91 Å². The molecule has 2 N–H and O–H groups in total. The van der Waals surface area contributed by atoms with E-state index < -0.39 is 17.9 Å². The molecular weight excluding hydrogens is 605 g/mol. The van der Waals surface area contributed by atoms with Crippen molar-refractivity contribution in [3.63, 3.8) is 0 Å². The van der Waals surface area contributed by atoms with Crippen LogP contribution in [0, 0.1) is 11.8 Å². The van der Waals surface area contributed by atoms with Gasteiger partial charge in [-0.2, -0.15) is 0 Å². The molecule has 47 heavy (non-hydrogen) atoms. The summed E-state index contributed by atoms with van der Waals surface area (Å²) in [5.74, 6) is 1.61. The van der Waals surface area contributed by atoms with Crippen molar-refractivity contribution < 1.29 is 14.7 Å². The molecule has 0 unspecified atom stereocenters. The average Bonchev–Trinajstić information content (AvgIpc) is 3.83. The summed E-state index contributed by atoms with van der Waals surface area (Å²) in [6, 6.07) is 21.0. The van der Waals surface area contributed by atoms with Gasteiger partial charge in [-0.25, -0.2) is 9.97 Å². The number of likely N-dealkylation sites (tertiary alicyclic amines) is 1. The van der Waals surface area contributed by atoms with Crippen LogP contribution in [0.4, 0.5) is 0 Å². The van der Waals surface area contributed by atoms with Crippen LogP contribution in [0.15, 0.2) is 73.1 Å². The van der Waals surface area contributed by atoms with Gasteiger partial charge in [0.15, 0.2) is 5.82 Å². The van der Waals surface area contributed by atoms with Gasteiger partial charge in [0.1, 0.15) is 0 Å². The Morgan fingerprint density at radius 3 is 2.15 bits per heavy atom. The number of hydrogen-bond acceptors (Lipinski definition) is 6. The molecular formula is C39H44N4O3S. The van der Waals surface area contributed by atoms with Crippen molar-refractivity contribution in [2.75, 3.05) is 13.1 Å². The summed E-state index contributed by atoms with van der Waals surface area (Å²) in [5.41, 5.74) is 5.53. The lowest BCUT2D eigenvalue weighted by atomic mass is 9.78. The minimum absolute atomic E-state index is 0.0404. The van der Waals surface area contributed by atoms with Crippen molar-refractivity contribution in [1.82, 2.24) is 20.2 Å². The number of carbonyl (C=O) groups is 2.